The molecule has 0 saturated carbocycles. The predicted octanol–water partition coefficient (Wildman–Crippen LogP) is 2.81. The highest BCUT2D eigenvalue weighted by Gasteiger charge is 2.13. The van der Waals surface area contributed by atoms with Gasteiger partial charge in [-0.25, -0.2) is 0 Å². The van der Waals surface area contributed by atoms with Crippen LogP contribution in [0.4, 0.5) is 5.69 Å². The monoisotopic (exact) mass is 235 g/mol. The second-order valence-corrected chi connectivity index (χ2v) is 4.08. The highest BCUT2D eigenvalue weighted by Crippen LogP contribution is 2.35. The number of aryl methyl sites for hydroxylation is 1. The summed E-state index contributed by atoms with van der Waals surface area (Å²) >= 11 is 1.66. The average Bonchev–Trinajstić information content (AvgIpc) is 2.74. The fourth-order valence-electron chi connectivity index (χ4n) is 1.53. The Morgan fingerprint density at radius 3 is 2.69 bits per heavy atom. The van der Waals surface area contributed by atoms with Gasteiger partial charge in [-0.15, -0.1) is 22.0 Å². The molecule has 84 valence electrons. The van der Waals surface area contributed by atoms with Crippen molar-refractivity contribution in [3.05, 3.63) is 24.1 Å². The zero-order chi connectivity index (χ0) is 11.5. The van der Waals surface area contributed by atoms with E-state index in [0.29, 0.717) is 11.8 Å². The molecule has 0 spiro atoms. The molecule has 1 heterocycles. The summed E-state index contributed by atoms with van der Waals surface area (Å²) in [4.78, 5) is 1.12. The Hall–Kier alpha value is -1.49. The fourth-order valence-corrected chi connectivity index (χ4v) is 2.29. The molecule has 0 atom stereocenters. The first-order chi connectivity index (χ1) is 7.76. The number of hydrogen-bond acceptors (Lipinski definition) is 5. The van der Waals surface area contributed by atoms with Crippen LogP contribution in [0.25, 0.3) is 11.5 Å². The van der Waals surface area contributed by atoms with E-state index >= 15 is 0 Å². The van der Waals surface area contributed by atoms with Crippen molar-refractivity contribution in [2.45, 2.75) is 11.8 Å². The van der Waals surface area contributed by atoms with Crippen LogP contribution in [-0.2, 0) is 0 Å². The lowest BCUT2D eigenvalue weighted by atomic mass is 10.2. The Morgan fingerprint density at radius 1 is 1.31 bits per heavy atom. The third-order valence-electron chi connectivity index (χ3n) is 2.24. The molecular weight excluding hydrogens is 222 g/mol. The van der Waals surface area contributed by atoms with Crippen molar-refractivity contribution in [3.8, 4) is 11.5 Å². The van der Waals surface area contributed by atoms with Crippen LogP contribution in [0.2, 0.25) is 0 Å². The van der Waals surface area contributed by atoms with Gasteiger partial charge in [0.15, 0.2) is 0 Å². The van der Waals surface area contributed by atoms with Gasteiger partial charge in [0.05, 0.1) is 5.56 Å². The second kappa shape index (κ2) is 4.57. The van der Waals surface area contributed by atoms with Gasteiger partial charge in [-0.2, -0.15) is 0 Å². The molecule has 0 bridgehead atoms. The Labute approximate surface area is 98.5 Å². The standard InChI is InChI=1S/C11H13N3OS/c1-7-13-14-11(15-7)8-5-4-6-9(12-2)10(8)16-3/h4-6,12H,1-3H3. The molecule has 0 aliphatic carbocycles. The van der Waals surface area contributed by atoms with Crippen LogP contribution in [0.3, 0.4) is 0 Å². The van der Waals surface area contributed by atoms with Crippen molar-refractivity contribution in [3.63, 3.8) is 0 Å². The lowest BCUT2D eigenvalue weighted by Crippen LogP contribution is -1.92. The Kier molecular flexibility index (Phi) is 3.14. The van der Waals surface area contributed by atoms with Crippen LogP contribution in [0.1, 0.15) is 5.89 Å². The molecule has 0 amide bonds. The zero-order valence-corrected chi connectivity index (χ0v) is 10.3. The molecule has 0 aliphatic rings. The number of benzene rings is 1. The number of anilines is 1. The minimum Gasteiger partial charge on any atom is -0.421 e. The zero-order valence-electron chi connectivity index (χ0n) is 9.44. The van der Waals surface area contributed by atoms with Crippen LogP contribution in [0.15, 0.2) is 27.5 Å². The number of aromatic nitrogens is 2. The maximum Gasteiger partial charge on any atom is 0.248 e. The van der Waals surface area contributed by atoms with Crippen LogP contribution < -0.4 is 5.32 Å². The van der Waals surface area contributed by atoms with Gasteiger partial charge in [0, 0.05) is 24.6 Å². The Balaban J connectivity index is 2.56. The van der Waals surface area contributed by atoms with Gasteiger partial charge in [-0.3, -0.25) is 0 Å². The van der Waals surface area contributed by atoms with E-state index < -0.39 is 0 Å². The van der Waals surface area contributed by atoms with Crippen molar-refractivity contribution in [2.24, 2.45) is 0 Å². The van der Waals surface area contributed by atoms with E-state index in [1.54, 1.807) is 18.7 Å². The Bertz CT molecular complexity index is 496. The summed E-state index contributed by atoms with van der Waals surface area (Å²) in [6, 6.07) is 5.98. The van der Waals surface area contributed by atoms with Crippen LogP contribution in [0, 0.1) is 6.92 Å². The first-order valence-corrected chi connectivity index (χ1v) is 6.14. The number of nitrogens with one attached hydrogen (secondary N) is 1. The lowest BCUT2D eigenvalue weighted by molar-refractivity contribution is 0.532. The van der Waals surface area contributed by atoms with E-state index in [-0.39, 0.29) is 0 Å². The van der Waals surface area contributed by atoms with Crippen LogP contribution >= 0.6 is 11.8 Å². The van der Waals surface area contributed by atoms with E-state index in [2.05, 4.69) is 15.5 Å². The molecule has 5 heteroatoms. The first-order valence-electron chi connectivity index (χ1n) is 4.91. The van der Waals surface area contributed by atoms with Gasteiger partial charge in [0.2, 0.25) is 11.8 Å². The summed E-state index contributed by atoms with van der Waals surface area (Å²) in [6.45, 7) is 1.79. The number of rotatable bonds is 3. The molecule has 0 saturated heterocycles. The summed E-state index contributed by atoms with van der Waals surface area (Å²) in [5.74, 6) is 1.15. The molecule has 4 nitrogen and oxygen atoms in total. The topological polar surface area (TPSA) is 51.0 Å². The maximum atomic E-state index is 5.45. The van der Waals surface area contributed by atoms with E-state index in [1.807, 2.05) is 31.5 Å². The predicted molar refractivity (Wildman–Crippen MR) is 65.8 cm³/mol. The molecule has 16 heavy (non-hydrogen) atoms. The molecule has 1 aromatic heterocycles. The van der Waals surface area contributed by atoms with Crippen molar-refractivity contribution < 1.29 is 4.42 Å². The number of nitrogens with zero attached hydrogens (tertiary/aromatic N) is 2. The van der Waals surface area contributed by atoms with Gasteiger partial charge in [0.1, 0.15) is 0 Å². The first kappa shape index (κ1) is 11.0. The molecule has 2 aromatic rings. The maximum absolute atomic E-state index is 5.45. The smallest absolute Gasteiger partial charge is 0.248 e. The second-order valence-electron chi connectivity index (χ2n) is 3.26. The van der Waals surface area contributed by atoms with Gasteiger partial charge >= 0.3 is 0 Å². The normalized spacial score (nSPS) is 10.4. The van der Waals surface area contributed by atoms with Gasteiger partial charge in [0.25, 0.3) is 0 Å². The summed E-state index contributed by atoms with van der Waals surface area (Å²) in [5.41, 5.74) is 2.04. The molecule has 0 aliphatic heterocycles. The van der Waals surface area contributed by atoms with E-state index in [4.69, 9.17) is 4.42 Å². The summed E-state index contributed by atoms with van der Waals surface area (Å²) < 4.78 is 5.45. The molecular formula is C11H13N3OS. The highest BCUT2D eigenvalue weighted by molar-refractivity contribution is 7.98. The summed E-state index contributed by atoms with van der Waals surface area (Å²) in [5, 5.41) is 11.0. The van der Waals surface area contributed by atoms with E-state index in [0.717, 1.165) is 16.1 Å². The van der Waals surface area contributed by atoms with Crippen molar-refractivity contribution in [2.75, 3.05) is 18.6 Å². The van der Waals surface area contributed by atoms with Gasteiger partial charge in [-0.1, -0.05) is 6.07 Å². The van der Waals surface area contributed by atoms with Gasteiger partial charge in [-0.05, 0) is 18.4 Å². The SMILES string of the molecule is CNc1cccc(-c2nnc(C)o2)c1SC. The number of hydrogen-bond donors (Lipinski definition) is 1. The van der Waals surface area contributed by atoms with Crippen LogP contribution in [-0.4, -0.2) is 23.5 Å². The average molecular weight is 235 g/mol. The fraction of sp³-hybridized carbons (Fsp3) is 0.273. The van der Waals surface area contributed by atoms with Crippen molar-refractivity contribution in [1.82, 2.24) is 10.2 Å². The molecule has 1 aromatic carbocycles. The molecule has 0 fully saturated rings. The number of thioether (sulfide) groups is 1. The molecule has 1 N–H and O–H groups in total. The van der Waals surface area contributed by atoms with Crippen molar-refractivity contribution in [1.29, 1.82) is 0 Å². The summed E-state index contributed by atoms with van der Waals surface area (Å²) in [7, 11) is 1.90. The molecule has 0 radical (unpaired) electrons. The quantitative estimate of drug-likeness (QED) is 0.829. The minimum atomic E-state index is 0.568. The minimum absolute atomic E-state index is 0.568. The van der Waals surface area contributed by atoms with Crippen LogP contribution in [0.5, 0.6) is 0 Å². The largest absolute Gasteiger partial charge is 0.421 e. The van der Waals surface area contributed by atoms with Crippen molar-refractivity contribution >= 4 is 17.4 Å². The third-order valence-corrected chi connectivity index (χ3v) is 3.09. The van der Waals surface area contributed by atoms with Gasteiger partial charge < -0.3 is 9.73 Å². The summed E-state index contributed by atoms with van der Waals surface area (Å²) in [6.07, 6.45) is 2.03. The molecule has 2 rings (SSSR count). The van der Waals surface area contributed by atoms with E-state index in [9.17, 15) is 0 Å². The highest BCUT2D eigenvalue weighted by atomic mass is 32.2. The Morgan fingerprint density at radius 2 is 2.12 bits per heavy atom. The van der Waals surface area contributed by atoms with E-state index in [1.165, 1.54) is 0 Å². The lowest BCUT2D eigenvalue weighted by Gasteiger charge is -2.09. The third kappa shape index (κ3) is 1.90. The molecule has 0 unspecified atom stereocenters.